The fraction of sp³-hybridized carbons (Fsp3) is 0.188. The monoisotopic (exact) mass is 290 g/mol. The fourth-order valence-electron chi connectivity index (χ4n) is 1.79. The van der Waals surface area contributed by atoms with Crippen LogP contribution in [0.4, 0.5) is 8.78 Å². The van der Waals surface area contributed by atoms with E-state index in [1.165, 1.54) is 12.1 Å². The highest BCUT2D eigenvalue weighted by Crippen LogP contribution is 2.21. The van der Waals surface area contributed by atoms with Crippen molar-refractivity contribution in [3.8, 4) is 5.75 Å². The maximum absolute atomic E-state index is 12.8. The van der Waals surface area contributed by atoms with E-state index in [2.05, 4.69) is 11.4 Å². The number of para-hydroxylation sites is 1. The SMILES string of the molecule is COc1ccccc1CO/N=[C]\c1ccccc1C(F)F. The Hall–Kier alpha value is -2.43. The molecule has 5 heteroatoms. The lowest BCUT2D eigenvalue weighted by atomic mass is 10.1. The molecule has 0 aliphatic carbocycles. The Morgan fingerprint density at radius 2 is 1.81 bits per heavy atom. The standard InChI is InChI=1S/C16H14F2NO2/c1-20-15-9-5-3-7-13(15)11-21-19-10-12-6-2-4-8-14(12)16(17)18/h2-9,16H,11H2,1H3. The van der Waals surface area contributed by atoms with Gasteiger partial charge in [0.2, 0.25) is 0 Å². The largest absolute Gasteiger partial charge is 0.496 e. The first-order valence-electron chi connectivity index (χ1n) is 6.29. The molecular weight excluding hydrogens is 276 g/mol. The molecule has 1 radical (unpaired) electrons. The molecule has 2 aromatic rings. The van der Waals surface area contributed by atoms with Crippen LogP contribution in [-0.4, -0.2) is 13.3 Å². The molecule has 0 saturated heterocycles. The summed E-state index contributed by atoms with van der Waals surface area (Å²) in [4.78, 5) is 5.09. The number of benzene rings is 2. The Bertz CT molecular complexity index is 615. The molecule has 0 aliphatic heterocycles. The van der Waals surface area contributed by atoms with Crippen LogP contribution in [0.25, 0.3) is 0 Å². The molecule has 0 unspecified atom stereocenters. The highest BCUT2D eigenvalue weighted by atomic mass is 19.3. The molecule has 0 saturated carbocycles. The van der Waals surface area contributed by atoms with Crippen molar-refractivity contribution < 1.29 is 18.4 Å². The average molecular weight is 290 g/mol. The van der Waals surface area contributed by atoms with Crippen LogP contribution in [-0.2, 0) is 11.4 Å². The molecule has 109 valence electrons. The van der Waals surface area contributed by atoms with Crippen molar-refractivity contribution in [1.82, 2.24) is 0 Å². The second kappa shape index (κ2) is 7.38. The summed E-state index contributed by atoms with van der Waals surface area (Å²) >= 11 is 0. The normalized spacial score (nSPS) is 11.0. The van der Waals surface area contributed by atoms with Gasteiger partial charge in [0.25, 0.3) is 6.43 Å². The van der Waals surface area contributed by atoms with Gasteiger partial charge in [-0.05, 0) is 6.07 Å². The zero-order valence-corrected chi connectivity index (χ0v) is 11.4. The van der Waals surface area contributed by atoms with Crippen LogP contribution in [0.3, 0.4) is 0 Å². The Balaban J connectivity index is 2.00. The van der Waals surface area contributed by atoms with Gasteiger partial charge in [-0.25, -0.2) is 8.78 Å². The van der Waals surface area contributed by atoms with Crippen LogP contribution in [0.15, 0.2) is 53.7 Å². The van der Waals surface area contributed by atoms with E-state index >= 15 is 0 Å². The van der Waals surface area contributed by atoms with Crippen LogP contribution in [0, 0.1) is 0 Å². The number of nitrogens with zero attached hydrogens (tertiary/aromatic N) is 1. The predicted molar refractivity (Wildman–Crippen MR) is 75.7 cm³/mol. The first kappa shape index (κ1) is 15.0. The first-order valence-corrected chi connectivity index (χ1v) is 6.29. The summed E-state index contributed by atoms with van der Waals surface area (Å²) in [6.07, 6.45) is -0.0869. The minimum Gasteiger partial charge on any atom is -0.496 e. The molecule has 0 heterocycles. The van der Waals surface area contributed by atoms with Gasteiger partial charge in [0.1, 0.15) is 18.6 Å². The van der Waals surface area contributed by atoms with Gasteiger partial charge in [-0.3, -0.25) is 0 Å². The average Bonchev–Trinajstić information content (AvgIpc) is 2.52. The van der Waals surface area contributed by atoms with E-state index < -0.39 is 6.43 Å². The minimum atomic E-state index is -2.57. The van der Waals surface area contributed by atoms with Gasteiger partial charge in [0.15, 0.2) is 0 Å². The predicted octanol–water partition coefficient (Wildman–Crippen LogP) is 4.06. The molecule has 0 amide bonds. The lowest BCUT2D eigenvalue weighted by Gasteiger charge is -2.06. The summed E-state index contributed by atoms with van der Waals surface area (Å²) in [5, 5.41) is 3.62. The molecule has 0 spiro atoms. The van der Waals surface area contributed by atoms with Crippen LogP contribution < -0.4 is 4.74 Å². The summed E-state index contributed by atoms with van der Waals surface area (Å²) in [5.41, 5.74) is 0.905. The number of rotatable bonds is 6. The summed E-state index contributed by atoms with van der Waals surface area (Å²) in [5.74, 6) is 0.681. The zero-order chi connectivity index (χ0) is 15.1. The Morgan fingerprint density at radius 1 is 1.10 bits per heavy atom. The maximum atomic E-state index is 12.8. The Morgan fingerprint density at radius 3 is 2.57 bits per heavy atom. The Labute approximate surface area is 121 Å². The van der Waals surface area contributed by atoms with E-state index in [4.69, 9.17) is 9.57 Å². The summed E-state index contributed by atoms with van der Waals surface area (Å²) in [7, 11) is 1.56. The Kier molecular flexibility index (Phi) is 5.26. The molecule has 0 bridgehead atoms. The van der Waals surface area contributed by atoms with Crippen molar-refractivity contribution >= 4 is 6.21 Å². The first-order chi connectivity index (χ1) is 10.2. The zero-order valence-electron chi connectivity index (χ0n) is 11.4. The van der Waals surface area contributed by atoms with E-state index in [9.17, 15) is 8.78 Å². The van der Waals surface area contributed by atoms with Crippen LogP contribution in [0.2, 0.25) is 0 Å². The van der Waals surface area contributed by atoms with E-state index in [1.807, 2.05) is 18.2 Å². The second-order valence-corrected chi connectivity index (χ2v) is 4.18. The van der Waals surface area contributed by atoms with E-state index in [0.29, 0.717) is 5.75 Å². The molecule has 21 heavy (non-hydrogen) atoms. The number of hydrogen-bond donors (Lipinski definition) is 0. The number of ether oxygens (including phenoxy) is 1. The van der Waals surface area contributed by atoms with E-state index in [1.54, 1.807) is 25.3 Å². The molecule has 2 aromatic carbocycles. The van der Waals surface area contributed by atoms with Gasteiger partial charge in [-0.2, -0.15) is 0 Å². The molecule has 2 rings (SSSR count). The molecule has 0 N–H and O–H groups in total. The fourth-order valence-corrected chi connectivity index (χ4v) is 1.79. The van der Waals surface area contributed by atoms with Gasteiger partial charge < -0.3 is 9.57 Å². The summed E-state index contributed by atoms with van der Waals surface area (Å²) in [6, 6.07) is 13.4. The van der Waals surface area contributed by atoms with E-state index in [-0.39, 0.29) is 17.7 Å². The van der Waals surface area contributed by atoms with Gasteiger partial charge >= 0.3 is 0 Å². The van der Waals surface area contributed by atoms with E-state index in [0.717, 1.165) is 5.56 Å². The number of hydrogen-bond acceptors (Lipinski definition) is 3. The number of methoxy groups -OCH3 is 1. The third kappa shape index (κ3) is 4.02. The van der Waals surface area contributed by atoms with Crippen molar-refractivity contribution in [2.24, 2.45) is 5.16 Å². The van der Waals surface area contributed by atoms with Crippen molar-refractivity contribution in [3.05, 3.63) is 65.2 Å². The third-order valence-electron chi connectivity index (χ3n) is 2.84. The van der Waals surface area contributed by atoms with Crippen molar-refractivity contribution in [2.45, 2.75) is 13.0 Å². The number of halogens is 2. The van der Waals surface area contributed by atoms with Crippen molar-refractivity contribution in [2.75, 3.05) is 7.11 Å². The highest BCUT2D eigenvalue weighted by Gasteiger charge is 2.10. The summed E-state index contributed by atoms with van der Waals surface area (Å²) < 4.78 is 30.7. The molecule has 0 atom stereocenters. The molecule has 0 fully saturated rings. The van der Waals surface area contributed by atoms with Crippen LogP contribution in [0.5, 0.6) is 5.75 Å². The molecule has 0 aliphatic rings. The molecule has 3 nitrogen and oxygen atoms in total. The maximum Gasteiger partial charge on any atom is 0.264 e. The molecule has 0 aromatic heterocycles. The minimum absolute atomic E-state index is 0.123. The van der Waals surface area contributed by atoms with Gasteiger partial charge in [-0.15, -0.1) is 0 Å². The van der Waals surface area contributed by atoms with Crippen LogP contribution >= 0.6 is 0 Å². The van der Waals surface area contributed by atoms with Gasteiger partial charge in [0, 0.05) is 16.7 Å². The highest BCUT2D eigenvalue weighted by molar-refractivity contribution is 5.81. The number of alkyl halides is 2. The lowest BCUT2D eigenvalue weighted by molar-refractivity contribution is 0.129. The van der Waals surface area contributed by atoms with Crippen LogP contribution in [0.1, 0.15) is 23.1 Å². The van der Waals surface area contributed by atoms with Gasteiger partial charge in [-0.1, -0.05) is 47.6 Å². The second-order valence-electron chi connectivity index (χ2n) is 4.18. The lowest BCUT2D eigenvalue weighted by Crippen LogP contribution is -1.95. The van der Waals surface area contributed by atoms with Crippen molar-refractivity contribution in [1.29, 1.82) is 0 Å². The van der Waals surface area contributed by atoms with Crippen molar-refractivity contribution in [3.63, 3.8) is 0 Å². The summed E-state index contributed by atoms with van der Waals surface area (Å²) in [6.45, 7) is 0.174. The quantitative estimate of drug-likeness (QED) is 0.593. The van der Waals surface area contributed by atoms with Gasteiger partial charge in [0.05, 0.1) is 7.11 Å². The topological polar surface area (TPSA) is 30.8 Å². The smallest absolute Gasteiger partial charge is 0.264 e. The molecular formula is C16H14F2NO2. The third-order valence-corrected chi connectivity index (χ3v) is 2.84.